The number of amides is 2. The number of anilines is 1. The largest absolute Gasteiger partial charge is 0.340 e. The van der Waals surface area contributed by atoms with Crippen molar-refractivity contribution in [2.24, 2.45) is 5.92 Å². The average Bonchev–Trinajstić information content (AvgIpc) is 2.61. The van der Waals surface area contributed by atoms with Crippen LogP contribution in [0.1, 0.15) is 29.8 Å². The fourth-order valence-electron chi connectivity index (χ4n) is 2.38. The zero-order chi connectivity index (χ0) is 19.1. The summed E-state index contributed by atoms with van der Waals surface area (Å²) in [7, 11) is 0. The third kappa shape index (κ3) is 5.15. The zero-order valence-corrected chi connectivity index (χ0v) is 14.6. The molecule has 1 atom stereocenters. The lowest BCUT2D eigenvalue weighted by molar-refractivity contribution is -0.118. The number of halogens is 1. The minimum absolute atomic E-state index is 0.141. The minimum atomic E-state index is -0.744. The predicted octanol–water partition coefficient (Wildman–Crippen LogP) is 3.28. The van der Waals surface area contributed by atoms with Gasteiger partial charge in [-0.15, -0.1) is 0 Å². The summed E-state index contributed by atoms with van der Waals surface area (Å²) < 4.78 is 13.0. The van der Waals surface area contributed by atoms with E-state index < -0.39 is 17.8 Å². The van der Waals surface area contributed by atoms with Gasteiger partial charge in [0.15, 0.2) is 0 Å². The fraction of sp³-hybridized carbons (Fsp3) is 0.250. The third-order valence-electron chi connectivity index (χ3n) is 3.85. The van der Waals surface area contributed by atoms with Crippen molar-refractivity contribution in [3.05, 3.63) is 65.5 Å². The molecule has 0 heterocycles. The van der Waals surface area contributed by atoms with Crippen molar-refractivity contribution in [2.75, 3.05) is 5.32 Å². The maximum atomic E-state index is 13.0. The van der Waals surface area contributed by atoms with Crippen LogP contribution in [0.15, 0.2) is 48.5 Å². The van der Waals surface area contributed by atoms with Gasteiger partial charge in [-0.05, 0) is 47.9 Å². The molecule has 0 spiro atoms. The molecule has 26 heavy (non-hydrogen) atoms. The number of hydrogen-bond acceptors (Lipinski definition) is 3. The first kappa shape index (κ1) is 19.1. The number of nitrogens with one attached hydrogen (secondary N) is 2. The van der Waals surface area contributed by atoms with Crippen LogP contribution >= 0.6 is 0 Å². The molecule has 0 aliphatic rings. The first-order valence-corrected chi connectivity index (χ1v) is 8.24. The first-order valence-electron chi connectivity index (χ1n) is 8.24. The number of nitriles is 1. The molecule has 0 saturated carbocycles. The quantitative estimate of drug-likeness (QED) is 0.836. The van der Waals surface area contributed by atoms with Crippen LogP contribution in [0.2, 0.25) is 0 Å². The van der Waals surface area contributed by atoms with E-state index in [0.717, 1.165) is 5.56 Å². The van der Waals surface area contributed by atoms with Gasteiger partial charge in [-0.2, -0.15) is 5.26 Å². The maximum Gasteiger partial charge on any atom is 0.251 e. The lowest BCUT2D eigenvalue weighted by Crippen LogP contribution is -2.47. The molecule has 0 aliphatic heterocycles. The van der Waals surface area contributed by atoms with Gasteiger partial charge in [0.1, 0.15) is 11.9 Å². The Labute approximate surface area is 151 Å². The van der Waals surface area contributed by atoms with Gasteiger partial charge in [0, 0.05) is 11.3 Å². The number of carbonyl (C=O) groups excluding carboxylic acids is 2. The van der Waals surface area contributed by atoms with Crippen molar-refractivity contribution in [1.29, 1.82) is 5.26 Å². The molecule has 2 aromatic carbocycles. The van der Waals surface area contributed by atoms with Crippen LogP contribution in [-0.4, -0.2) is 17.9 Å². The second kappa shape index (κ2) is 8.77. The Balaban J connectivity index is 2.06. The molecule has 0 radical (unpaired) electrons. The van der Waals surface area contributed by atoms with Crippen LogP contribution < -0.4 is 10.6 Å². The number of nitrogens with zero attached hydrogens (tertiary/aromatic N) is 1. The summed E-state index contributed by atoms with van der Waals surface area (Å²) in [5.74, 6) is -1.36. The Bertz CT molecular complexity index is 808. The summed E-state index contributed by atoms with van der Waals surface area (Å²) in [6.07, 6.45) is 0.302. The van der Waals surface area contributed by atoms with Crippen molar-refractivity contribution < 1.29 is 14.0 Å². The van der Waals surface area contributed by atoms with Crippen LogP contribution in [0.25, 0.3) is 0 Å². The van der Waals surface area contributed by atoms with Crippen molar-refractivity contribution in [1.82, 2.24) is 5.32 Å². The van der Waals surface area contributed by atoms with Gasteiger partial charge >= 0.3 is 0 Å². The molecular formula is C20H20FN3O2. The van der Waals surface area contributed by atoms with Gasteiger partial charge in [0.2, 0.25) is 5.91 Å². The van der Waals surface area contributed by atoms with Gasteiger partial charge < -0.3 is 10.6 Å². The third-order valence-corrected chi connectivity index (χ3v) is 3.85. The van der Waals surface area contributed by atoms with Crippen LogP contribution in [0.3, 0.4) is 0 Å². The summed E-state index contributed by atoms with van der Waals surface area (Å²) in [6, 6.07) is 13.4. The highest BCUT2D eigenvalue weighted by Crippen LogP contribution is 2.13. The number of benzene rings is 2. The molecule has 1 unspecified atom stereocenters. The average molecular weight is 353 g/mol. The number of carbonyl (C=O) groups is 2. The van der Waals surface area contributed by atoms with E-state index in [9.17, 15) is 14.0 Å². The van der Waals surface area contributed by atoms with E-state index in [4.69, 9.17) is 5.26 Å². The van der Waals surface area contributed by atoms with E-state index >= 15 is 0 Å². The van der Waals surface area contributed by atoms with Gasteiger partial charge in [0.05, 0.1) is 12.5 Å². The Kier molecular flexibility index (Phi) is 6.45. The lowest BCUT2D eigenvalue weighted by atomic mass is 10.0. The second-order valence-electron chi connectivity index (χ2n) is 6.22. The SMILES string of the molecule is CC(C)C(NC(=O)c1ccc(F)cc1)C(=O)Nc1ccc(CC#N)cc1. The van der Waals surface area contributed by atoms with Crippen LogP contribution in [0.5, 0.6) is 0 Å². The Morgan fingerprint density at radius 1 is 1.08 bits per heavy atom. The van der Waals surface area contributed by atoms with Crippen molar-refractivity contribution in [2.45, 2.75) is 26.3 Å². The molecule has 2 rings (SSSR count). The molecule has 0 aromatic heterocycles. The van der Waals surface area contributed by atoms with Crippen LogP contribution in [0, 0.1) is 23.1 Å². The molecule has 2 N–H and O–H groups in total. The highest BCUT2D eigenvalue weighted by molar-refractivity contribution is 6.01. The molecule has 0 saturated heterocycles. The van der Waals surface area contributed by atoms with Crippen molar-refractivity contribution in [3.8, 4) is 6.07 Å². The van der Waals surface area contributed by atoms with Crippen LogP contribution in [-0.2, 0) is 11.2 Å². The predicted molar refractivity (Wildman–Crippen MR) is 96.9 cm³/mol. The van der Waals surface area contributed by atoms with Crippen molar-refractivity contribution >= 4 is 17.5 Å². The summed E-state index contributed by atoms with van der Waals surface area (Å²) >= 11 is 0. The number of rotatable bonds is 6. The van der Waals surface area contributed by atoms with Crippen molar-refractivity contribution in [3.63, 3.8) is 0 Å². The van der Waals surface area contributed by atoms with E-state index in [2.05, 4.69) is 16.7 Å². The monoisotopic (exact) mass is 353 g/mol. The van der Waals surface area contributed by atoms with E-state index in [1.54, 1.807) is 24.3 Å². The molecule has 0 bridgehead atoms. The molecular weight excluding hydrogens is 333 g/mol. The van der Waals surface area contributed by atoms with Gasteiger partial charge in [0.25, 0.3) is 5.91 Å². The first-order chi connectivity index (χ1) is 12.4. The molecule has 6 heteroatoms. The lowest BCUT2D eigenvalue weighted by Gasteiger charge is -2.22. The summed E-state index contributed by atoms with van der Waals surface area (Å²) in [5, 5.41) is 14.1. The topological polar surface area (TPSA) is 82.0 Å². The van der Waals surface area contributed by atoms with Gasteiger partial charge in [-0.25, -0.2) is 4.39 Å². The molecule has 5 nitrogen and oxygen atoms in total. The Morgan fingerprint density at radius 2 is 1.69 bits per heavy atom. The van der Waals surface area contributed by atoms with E-state index in [1.165, 1.54) is 24.3 Å². The highest BCUT2D eigenvalue weighted by Gasteiger charge is 2.24. The Hall–Kier alpha value is -3.20. The van der Waals surface area contributed by atoms with E-state index in [1.807, 2.05) is 13.8 Å². The summed E-state index contributed by atoms with van der Waals surface area (Å²) in [5.41, 5.74) is 1.72. The second-order valence-corrected chi connectivity index (χ2v) is 6.22. The zero-order valence-electron chi connectivity index (χ0n) is 14.6. The maximum absolute atomic E-state index is 13.0. The van der Waals surface area contributed by atoms with Crippen LogP contribution in [0.4, 0.5) is 10.1 Å². The van der Waals surface area contributed by atoms with Gasteiger partial charge in [-0.1, -0.05) is 26.0 Å². The van der Waals surface area contributed by atoms with E-state index in [0.29, 0.717) is 12.1 Å². The molecule has 134 valence electrons. The molecule has 0 aliphatic carbocycles. The summed E-state index contributed by atoms with van der Waals surface area (Å²) in [4.78, 5) is 24.8. The molecule has 2 amide bonds. The smallest absolute Gasteiger partial charge is 0.251 e. The molecule has 0 fully saturated rings. The normalized spacial score (nSPS) is 11.5. The van der Waals surface area contributed by atoms with E-state index in [-0.39, 0.29) is 17.4 Å². The standard InChI is InChI=1S/C20H20FN3O2/c1-13(2)18(24-19(25)15-5-7-16(21)8-6-15)20(26)23-17-9-3-14(4-10-17)11-12-22/h3-10,13,18H,11H2,1-2H3,(H,23,26)(H,24,25). The summed E-state index contributed by atoms with van der Waals surface area (Å²) in [6.45, 7) is 3.65. The highest BCUT2D eigenvalue weighted by atomic mass is 19.1. The Morgan fingerprint density at radius 3 is 2.23 bits per heavy atom. The fourth-order valence-corrected chi connectivity index (χ4v) is 2.38. The minimum Gasteiger partial charge on any atom is -0.340 e. The number of hydrogen-bond donors (Lipinski definition) is 2. The van der Waals surface area contributed by atoms with Gasteiger partial charge in [-0.3, -0.25) is 9.59 Å². The molecule has 2 aromatic rings.